The third-order valence-electron chi connectivity index (χ3n) is 6.80. The number of hydrogen-bond donors (Lipinski definition) is 0. The number of piperidine rings is 1. The van der Waals surface area contributed by atoms with E-state index in [2.05, 4.69) is 47.2 Å². The maximum Gasteiger partial charge on any atom is 0.200 e. The predicted octanol–water partition coefficient (Wildman–Crippen LogP) is 4.45. The molecular formula is C25H31N3O3. The average Bonchev–Trinajstić information content (AvgIpc) is 3.27. The second-order valence-electron chi connectivity index (χ2n) is 8.61. The fraction of sp³-hybridized carbons (Fsp3) is 0.480. The molecule has 6 nitrogen and oxygen atoms in total. The van der Waals surface area contributed by atoms with E-state index >= 15 is 0 Å². The van der Waals surface area contributed by atoms with Crippen LogP contribution in [0.3, 0.4) is 0 Å². The van der Waals surface area contributed by atoms with Crippen molar-refractivity contribution in [3.05, 3.63) is 53.6 Å². The molecule has 3 heterocycles. The summed E-state index contributed by atoms with van der Waals surface area (Å²) in [6.07, 6.45) is 3.93. The molecule has 1 atom stereocenters. The summed E-state index contributed by atoms with van der Waals surface area (Å²) in [6, 6.07) is 14.6. The van der Waals surface area contributed by atoms with Crippen molar-refractivity contribution >= 4 is 5.71 Å². The van der Waals surface area contributed by atoms with Crippen molar-refractivity contribution in [2.75, 3.05) is 33.9 Å². The van der Waals surface area contributed by atoms with Gasteiger partial charge in [-0.2, -0.15) is 5.10 Å². The number of hydrogen-bond acceptors (Lipinski definition) is 6. The highest BCUT2D eigenvalue weighted by atomic mass is 16.5. The van der Waals surface area contributed by atoms with E-state index in [-0.39, 0.29) is 11.8 Å². The van der Waals surface area contributed by atoms with Gasteiger partial charge in [0.2, 0.25) is 5.72 Å². The Morgan fingerprint density at radius 1 is 1.10 bits per heavy atom. The number of para-hydroxylation sites is 1. The number of likely N-dealkylation sites (tertiary alicyclic amines) is 1. The molecule has 0 unspecified atom stereocenters. The molecular weight excluding hydrogens is 390 g/mol. The zero-order valence-electron chi connectivity index (χ0n) is 18.6. The molecule has 5 rings (SSSR count). The third kappa shape index (κ3) is 3.43. The molecule has 164 valence electrons. The Balaban J connectivity index is 1.53. The lowest BCUT2D eigenvalue weighted by molar-refractivity contribution is -0.149. The van der Waals surface area contributed by atoms with E-state index in [1.54, 1.807) is 14.2 Å². The van der Waals surface area contributed by atoms with Crippen molar-refractivity contribution in [3.8, 4) is 17.2 Å². The van der Waals surface area contributed by atoms with Crippen LogP contribution in [0.2, 0.25) is 0 Å². The van der Waals surface area contributed by atoms with E-state index in [0.29, 0.717) is 0 Å². The lowest BCUT2D eigenvalue weighted by Crippen LogP contribution is -2.59. The fourth-order valence-electron chi connectivity index (χ4n) is 5.20. The van der Waals surface area contributed by atoms with Crippen LogP contribution in [0.25, 0.3) is 0 Å². The van der Waals surface area contributed by atoms with Crippen LogP contribution in [0.4, 0.5) is 0 Å². The molecule has 0 amide bonds. The second kappa shape index (κ2) is 8.08. The Hall–Kier alpha value is -2.73. The molecule has 31 heavy (non-hydrogen) atoms. The molecule has 0 aromatic heterocycles. The summed E-state index contributed by atoms with van der Waals surface area (Å²) in [5.74, 6) is 2.58. The molecule has 0 radical (unpaired) electrons. The van der Waals surface area contributed by atoms with Crippen LogP contribution in [0.1, 0.15) is 49.8 Å². The van der Waals surface area contributed by atoms with Crippen LogP contribution in [-0.4, -0.2) is 55.2 Å². The zero-order valence-corrected chi connectivity index (χ0v) is 18.6. The maximum atomic E-state index is 6.72. The molecule has 0 bridgehead atoms. The molecule has 0 N–H and O–H groups in total. The van der Waals surface area contributed by atoms with E-state index in [1.165, 1.54) is 12.0 Å². The van der Waals surface area contributed by atoms with E-state index in [0.717, 1.165) is 67.4 Å². The van der Waals surface area contributed by atoms with Gasteiger partial charge >= 0.3 is 0 Å². The molecule has 1 fully saturated rings. The molecule has 1 spiro atoms. The summed E-state index contributed by atoms with van der Waals surface area (Å²) in [4.78, 5) is 2.54. The summed E-state index contributed by atoms with van der Waals surface area (Å²) >= 11 is 0. The van der Waals surface area contributed by atoms with Gasteiger partial charge in [0.1, 0.15) is 17.2 Å². The number of benzene rings is 2. The van der Waals surface area contributed by atoms with Gasteiger partial charge in [-0.15, -0.1) is 0 Å². The molecule has 0 aliphatic carbocycles. The lowest BCUT2D eigenvalue weighted by atomic mass is 9.90. The Bertz CT molecular complexity index is 982. The van der Waals surface area contributed by atoms with E-state index in [9.17, 15) is 0 Å². The van der Waals surface area contributed by atoms with Crippen LogP contribution >= 0.6 is 0 Å². The van der Waals surface area contributed by atoms with Crippen molar-refractivity contribution in [2.45, 2.75) is 44.4 Å². The van der Waals surface area contributed by atoms with Crippen molar-refractivity contribution < 1.29 is 14.2 Å². The standard InChI is InChI=1S/C25H31N3O3/c1-4-13-27-14-11-25(12-15-27)28-22(20-7-5-6-8-23(20)31-25)17-21(26-28)19-10-9-18(29-2)16-24(19)30-3/h5-10,16,22H,4,11-15,17H2,1-3H3/t22-/m1/s1. The molecule has 2 aromatic rings. The first-order valence-electron chi connectivity index (χ1n) is 11.3. The van der Waals surface area contributed by atoms with Crippen LogP contribution < -0.4 is 14.2 Å². The number of nitrogens with zero attached hydrogens (tertiary/aromatic N) is 3. The van der Waals surface area contributed by atoms with Gasteiger partial charge in [-0.1, -0.05) is 25.1 Å². The van der Waals surface area contributed by atoms with Crippen molar-refractivity contribution in [1.29, 1.82) is 0 Å². The largest absolute Gasteiger partial charge is 0.497 e. The Morgan fingerprint density at radius 2 is 1.90 bits per heavy atom. The van der Waals surface area contributed by atoms with Gasteiger partial charge in [-0.25, -0.2) is 5.01 Å². The van der Waals surface area contributed by atoms with Gasteiger partial charge in [0.05, 0.1) is 26.0 Å². The minimum atomic E-state index is -0.384. The van der Waals surface area contributed by atoms with Gasteiger partial charge in [0.25, 0.3) is 0 Å². The van der Waals surface area contributed by atoms with Crippen LogP contribution in [0, 0.1) is 0 Å². The Morgan fingerprint density at radius 3 is 2.65 bits per heavy atom. The number of ether oxygens (including phenoxy) is 3. The molecule has 3 aliphatic rings. The van der Waals surface area contributed by atoms with Crippen molar-refractivity contribution in [3.63, 3.8) is 0 Å². The first kappa shape index (κ1) is 20.2. The summed E-state index contributed by atoms with van der Waals surface area (Å²) in [7, 11) is 3.37. The smallest absolute Gasteiger partial charge is 0.200 e. The monoisotopic (exact) mass is 421 g/mol. The fourth-order valence-corrected chi connectivity index (χ4v) is 5.20. The van der Waals surface area contributed by atoms with E-state index < -0.39 is 0 Å². The molecule has 1 saturated heterocycles. The normalized spacial score (nSPS) is 21.8. The minimum absolute atomic E-state index is 0.185. The number of hydrazone groups is 1. The SMILES string of the molecule is CCCN1CCC2(CC1)Oc1ccccc1[C@H]1CC(c3ccc(OC)cc3OC)=NN12. The maximum absolute atomic E-state index is 6.72. The summed E-state index contributed by atoms with van der Waals surface area (Å²) < 4.78 is 17.8. The number of methoxy groups -OCH3 is 2. The average molecular weight is 422 g/mol. The van der Waals surface area contributed by atoms with Gasteiger partial charge < -0.3 is 19.1 Å². The van der Waals surface area contributed by atoms with Crippen molar-refractivity contribution in [2.24, 2.45) is 5.10 Å². The number of rotatable bonds is 5. The highest BCUT2D eigenvalue weighted by Crippen LogP contribution is 2.50. The van der Waals surface area contributed by atoms with Crippen LogP contribution in [-0.2, 0) is 0 Å². The number of fused-ring (bicyclic) bond motifs is 4. The van der Waals surface area contributed by atoms with Gasteiger partial charge in [-0.05, 0) is 31.2 Å². The van der Waals surface area contributed by atoms with E-state index in [1.807, 2.05) is 12.1 Å². The van der Waals surface area contributed by atoms with Crippen LogP contribution in [0.15, 0.2) is 47.6 Å². The molecule has 0 saturated carbocycles. The highest BCUT2D eigenvalue weighted by Gasteiger charge is 2.51. The zero-order chi connectivity index (χ0) is 21.4. The molecule has 6 heteroatoms. The van der Waals surface area contributed by atoms with Crippen LogP contribution in [0.5, 0.6) is 17.2 Å². The predicted molar refractivity (Wildman–Crippen MR) is 121 cm³/mol. The first-order chi connectivity index (χ1) is 15.2. The van der Waals surface area contributed by atoms with E-state index in [4.69, 9.17) is 19.3 Å². The summed E-state index contributed by atoms with van der Waals surface area (Å²) in [5.41, 5.74) is 2.90. The Kier molecular flexibility index (Phi) is 5.26. The van der Waals surface area contributed by atoms with Crippen molar-refractivity contribution in [1.82, 2.24) is 9.91 Å². The topological polar surface area (TPSA) is 46.5 Å². The quantitative estimate of drug-likeness (QED) is 0.714. The minimum Gasteiger partial charge on any atom is -0.497 e. The highest BCUT2D eigenvalue weighted by molar-refractivity contribution is 6.04. The third-order valence-corrected chi connectivity index (χ3v) is 6.80. The second-order valence-corrected chi connectivity index (χ2v) is 8.61. The van der Waals surface area contributed by atoms with Gasteiger partial charge in [0, 0.05) is 49.5 Å². The lowest BCUT2D eigenvalue weighted by Gasteiger charge is -2.51. The summed E-state index contributed by atoms with van der Waals surface area (Å²) in [5, 5.41) is 7.44. The van der Waals surface area contributed by atoms with Gasteiger partial charge in [0.15, 0.2) is 0 Å². The van der Waals surface area contributed by atoms with Gasteiger partial charge in [-0.3, -0.25) is 0 Å². The first-order valence-corrected chi connectivity index (χ1v) is 11.3. The molecule has 2 aromatic carbocycles. The summed E-state index contributed by atoms with van der Waals surface area (Å²) in [6.45, 7) is 5.46. The Labute approximate surface area is 184 Å². The molecule has 3 aliphatic heterocycles.